The molecule has 6 nitrogen and oxygen atoms in total. The van der Waals surface area contributed by atoms with Gasteiger partial charge in [0.05, 0.1) is 12.6 Å². The third-order valence-electron chi connectivity index (χ3n) is 3.84. The molecule has 0 radical (unpaired) electrons. The van der Waals surface area contributed by atoms with Crippen molar-refractivity contribution in [3.63, 3.8) is 0 Å². The second-order valence-electron chi connectivity index (χ2n) is 6.22. The van der Waals surface area contributed by atoms with Gasteiger partial charge in [0.1, 0.15) is 0 Å². The maximum absolute atomic E-state index is 12.0. The van der Waals surface area contributed by atoms with Crippen molar-refractivity contribution < 1.29 is 9.53 Å². The maximum Gasteiger partial charge on any atom is 0.234 e. The van der Waals surface area contributed by atoms with Gasteiger partial charge in [0, 0.05) is 50.4 Å². The predicted octanol–water partition coefficient (Wildman–Crippen LogP) is 1.58. The highest BCUT2D eigenvalue weighted by molar-refractivity contribution is 7.13. The SMILES string of the molecule is CC(C)OCCCNC(=O)CN1CCN(c2nccs2)C(C)C1. The molecule has 0 spiro atoms. The molecule has 1 aromatic heterocycles. The number of piperazine rings is 1. The molecule has 1 aliphatic heterocycles. The smallest absolute Gasteiger partial charge is 0.234 e. The van der Waals surface area contributed by atoms with Gasteiger partial charge in [-0.1, -0.05) is 0 Å². The summed E-state index contributed by atoms with van der Waals surface area (Å²) < 4.78 is 5.46. The zero-order chi connectivity index (χ0) is 16.7. The van der Waals surface area contributed by atoms with Crippen LogP contribution in [0.4, 0.5) is 5.13 Å². The number of thiazole rings is 1. The summed E-state index contributed by atoms with van der Waals surface area (Å²) in [4.78, 5) is 20.9. The molecule has 23 heavy (non-hydrogen) atoms. The molecule has 130 valence electrons. The molecule has 2 rings (SSSR count). The number of amides is 1. The van der Waals surface area contributed by atoms with Gasteiger partial charge in [-0.3, -0.25) is 9.69 Å². The van der Waals surface area contributed by atoms with Crippen LogP contribution in [0, 0.1) is 0 Å². The van der Waals surface area contributed by atoms with Gasteiger partial charge in [0.25, 0.3) is 0 Å². The maximum atomic E-state index is 12.0. The number of carbonyl (C=O) groups is 1. The molecule has 1 amide bonds. The fourth-order valence-corrected chi connectivity index (χ4v) is 3.47. The van der Waals surface area contributed by atoms with Crippen LogP contribution in [0.2, 0.25) is 0 Å². The third-order valence-corrected chi connectivity index (χ3v) is 4.65. The van der Waals surface area contributed by atoms with Gasteiger partial charge in [-0.15, -0.1) is 11.3 Å². The summed E-state index contributed by atoms with van der Waals surface area (Å²) in [7, 11) is 0. The average Bonchev–Trinajstić information content (AvgIpc) is 3.00. The van der Waals surface area contributed by atoms with Crippen LogP contribution in [0.25, 0.3) is 0 Å². The molecule has 0 aliphatic carbocycles. The predicted molar refractivity (Wildman–Crippen MR) is 94.1 cm³/mol. The number of hydrogen-bond acceptors (Lipinski definition) is 6. The standard InChI is InChI=1S/C16H28N4O2S/c1-13(2)22-9-4-5-17-15(21)12-19-7-8-20(14(3)11-19)16-18-6-10-23-16/h6,10,13-14H,4-5,7-9,11-12H2,1-3H3,(H,17,21). The monoisotopic (exact) mass is 340 g/mol. The summed E-state index contributed by atoms with van der Waals surface area (Å²) in [6.07, 6.45) is 2.95. The van der Waals surface area contributed by atoms with Gasteiger partial charge in [0.15, 0.2) is 5.13 Å². The third kappa shape index (κ3) is 6.08. The zero-order valence-electron chi connectivity index (χ0n) is 14.3. The van der Waals surface area contributed by atoms with E-state index >= 15 is 0 Å². The minimum Gasteiger partial charge on any atom is -0.379 e. The first-order chi connectivity index (χ1) is 11.1. The lowest BCUT2D eigenvalue weighted by atomic mass is 10.2. The Bertz CT molecular complexity index is 467. The first kappa shape index (κ1) is 18.2. The van der Waals surface area contributed by atoms with Crippen LogP contribution in [0.15, 0.2) is 11.6 Å². The number of nitrogens with zero attached hydrogens (tertiary/aromatic N) is 3. The molecule has 2 heterocycles. The van der Waals surface area contributed by atoms with Crippen molar-refractivity contribution in [2.75, 3.05) is 44.2 Å². The van der Waals surface area contributed by atoms with E-state index in [0.29, 0.717) is 25.7 Å². The number of carbonyl (C=O) groups excluding carboxylic acids is 1. The minimum absolute atomic E-state index is 0.101. The van der Waals surface area contributed by atoms with Crippen molar-refractivity contribution in [1.29, 1.82) is 0 Å². The van der Waals surface area contributed by atoms with E-state index in [1.165, 1.54) is 0 Å². The van der Waals surface area contributed by atoms with Crippen molar-refractivity contribution in [2.24, 2.45) is 0 Å². The van der Waals surface area contributed by atoms with Crippen LogP contribution in [0.3, 0.4) is 0 Å². The Kier molecular flexibility index (Phi) is 7.26. The van der Waals surface area contributed by atoms with Gasteiger partial charge >= 0.3 is 0 Å². The van der Waals surface area contributed by atoms with E-state index in [9.17, 15) is 4.79 Å². The van der Waals surface area contributed by atoms with Crippen molar-refractivity contribution in [1.82, 2.24) is 15.2 Å². The molecule has 1 saturated heterocycles. The van der Waals surface area contributed by atoms with Gasteiger partial charge < -0.3 is 15.0 Å². The molecule has 1 fully saturated rings. The first-order valence-corrected chi connectivity index (χ1v) is 9.21. The molecule has 1 aliphatic rings. The van der Waals surface area contributed by atoms with Crippen LogP contribution >= 0.6 is 11.3 Å². The fraction of sp³-hybridized carbons (Fsp3) is 0.750. The minimum atomic E-state index is 0.101. The van der Waals surface area contributed by atoms with E-state index in [0.717, 1.165) is 31.2 Å². The summed E-state index contributed by atoms with van der Waals surface area (Å²) in [6.45, 7) is 10.8. The lowest BCUT2D eigenvalue weighted by molar-refractivity contribution is -0.122. The number of nitrogens with one attached hydrogen (secondary N) is 1. The van der Waals surface area contributed by atoms with Crippen LogP contribution < -0.4 is 10.2 Å². The summed E-state index contributed by atoms with van der Waals surface area (Å²) >= 11 is 1.67. The number of aromatic nitrogens is 1. The molecule has 0 saturated carbocycles. The molecule has 1 unspecified atom stereocenters. The highest BCUT2D eigenvalue weighted by Crippen LogP contribution is 2.22. The summed E-state index contributed by atoms with van der Waals surface area (Å²) in [5.74, 6) is 0.101. The Hall–Kier alpha value is -1.18. The topological polar surface area (TPSA) is 57.7 Å². The van der Waals surface area contributed by atoms with E-state index in [-0.39, 0.29) is 12.0 Å². The Morgan fingerprint density at radius 2 is 2.35 bits per heavy atom. The number of hydrogen-bond donors (Lipinski definition) is 1. The Morgan fingerprint density at radius 3 is 3.00 bits per heavy atom. The molecule has 0 bridgehead atoms. The van der Waals surface area contributed by atoms with Crippen LogP contribution in [0.5, 0.6) is 0 Å². The van der Waals surface area contributed by atoms with Crippen molar-refractivity contribution in [3.8, 4) is 0 Å². The fourth-order valence-electron chi connectivity index (χ4n) is 2.70. The van der Waals surface area contributed by atoms with Gasteiger partial charge in [-0.05, 0) is 27.2 Å². The average molecular weight is 340 g/mol. The van der Waals surface area contributed by atoms with E-state index in [1.807, 2.05) is 25.4 Å². The molecular formula is C16H28N4O2S. The van der Waals surface area contributed by atoms with E-state index in [2.05, 4.69) is 27.0 Å². The summed E-state index contributed by atoms with van der Waals surface area (Å²) in [5, 5.41) is 6.05. The zero-order valence-corrected chi connectivity index (χ0v) is 15.1. The second kappa shape index (κ2) is 9.20. The van der Waals surface area contributed by atoms with Crippen LogP contribution in [-0.2, 0) is 9.53 Å². The normalized spacial score (nSPS) is 19.3. The summed E-state index contributed by atoms with van der Waals surface area (Å²) in [6, 6.07) is 0.377. The molecule has 1 atom stereocenters. The highest BCUT2D eigenvalue weighted by Gasteiger charge is 2.26. The molecule has 0 aromatic carbocycles. The first-order valence-electron chi connectivity index (χ1n) is 8.33. The lowest BCUT2D eigenvalue weighted by Crippen LogP contribution is -2.54. The largest absolute Gasteiger partial charge is 0.379 e. The van der Waals surface area contributed by atoms with E-state index in [1.54, 1.807) is 11.3 Å². The van der Waals surface area contributed by atoms with Gasteiger partial charge in [-0.25, -0.2) is 4.98 Å². The lowest BCUT2D eigenvalue weighted by Gasteiger charge is -2.39. The Morgan fingerprint density at radius 1 is 1.52 bits per heavy atom. The molecule has 1 aromatic rings. The second-order valence-corrected chi connectivity index (χ2v) is 7.09. The molecule has 1 N–H and O–H groups in total. The van der Waals surface area contributed by atoms with Crippen molar-refractivity contribution in [3.05, 3.63) is 11.6 Å². The van der Waals surface area contributed by atoms with E-state index < -0.39 is 0 Å². The number of rotatable bonds is 8. The molecular weight excluding hydrogens is 312 g/mol. The van der Waals surface area contributed by atoms with E-state index in [4.69, 9.17) is 4.74 Å². The number of ether oxygens (including phenoxy) is 1. The Balaban J connectivity index is 1.64. The van der Waals surface area contributed by atoms with Crippen molar-refractivity contribution in [2.45, 2.75) is 39.3 Å². The van der Waals surface area contributed by atoms with Crippen LogP contribution in [0.1, 0.15) is 27.2 Å². The van der Waals surface area contributed by atoms with Gasteiger partial charge in [0.2, 0.25) is 5.91 Å². The van der Waals surface area contributed by atoms with Crippen LogP contribution in [-0.4, -0.2) is 67.3 Å². The number of anilines is 1. The van der Waals surface area contributed by atoms with Crippen molar-refractivity contribution >= 4 is 22.4 Å². The quantitative estimate of drug-likeness (QED) is 0.728. The summed E-state index contributed by atoms with van der Waals surface area (Å²) in [5.41, 5.74) is 0. The molecule has 7 heteroatoms. The van der Waals surface area contributed by atoms with Gasteiger partial charge in [-0.2, -0.15) is 0 Å². The Labute approximate surface area is 142 Å². The highest BCUT2D eigenvalue weighted by atomic mass is 32.1.